The van der Waals surface area contributed by atoms with Gasteiger partial charge in [-0.2, -0.15) is 0 Å². The predicted octanol–water partition coefficient (Wildman–Crippen LogP) is 4.26. The summed E-state index contributed by atoms with van der Waals surface area (Å²) in [5, 5.41) is 18.1. The second-order valence-electron chi connectivity index (χ2n) is 6.31. The molecule has 0 spiro atoms. The maximum Gasteiger partial charge on any atom is 0.194 e. The van der Waals surface area contributed by atoms with Gasteiger partial charge in [-0.05, 0) is 24.3 Å². The maximum absolute atomic E-state index is 14.3. The number of nitrogens with two attached hydrogens (primary N) is 1. The Morgan fingerprint density at radius 2 is 2.04 bits per heavy atom. The van der Waals surface area contributed by atoms with Crippen molar-refractivity contribution in [2.45, 2.75) is 13.8 Å². The number of fused-ring (bicyclic) bond motifs is 1. The van der Waals surface area contributed by atoms with E-state index in [4.69, 9.17) is 16.6 Å². The van der Waals surface area contributed by atoms with E-state index < -0.39 is 11.6 Å². The molecule has 0 amide bonds. The average Bonchev–Trinajstić information content (AvgIpc) is 3.20. The molecule has 1 aromatic carbocycles. The number of halogens is 2. The molecule has 2 aromatic heterocycles. The third kappa shape index (κ3) is 3.89. The first-order valence-corrected chi connectivity index (χ1v) is 9.26. The largest absolute Gasteiger partial charge is 0.387 e. The van der Waals surface area contributed by atoms with Crippen LogP contribution in [0.1, 0.15) is 19.5 Å². The Balaban J connectivity index is 2.01. The zero-order valence-electron chi connectivity index (χ0n) is 15.2. The summed E-state index contributed by atoms with van der Waals surface area (Å²) in [6.45, 7) is 3.72. The highest BCUT2D eigenvalue weighted by molar-refractivity contribution is 7.15. The van der Waals surface area contributed by atoms with Crippen LogP contribution in [0.15, 0.2) is 46.9 Å². The lowest BCUT2D eigenvalue weighted by Crippen LogP contribution is -2.20. The normalized spacial score (nSPS) is 12.4. The fourth-order valence-electron chi connectivity index (χ4n) is 2.46. The summed E-state index contributed by atoms with van der Waals surface area (Å²) in [6.07, 6.45) is 4.44. The molecule has 4 N–H and O–H groups in total. The molecule has 0 radical (unpaired) electrons. The van der Waals surface area contributed by atoms with Crippen LogP contribution >= 0.6 is 11.3 Å². The molecule has 0 aliphatic carbocycles. The van der Waals surface area contributed by atoms with E-state index >= 15 is 0 Å². The van der Waals surface area contributed by atoms with Gasteiger partial charge in [-0.25, -0.2) is 18.8 Å². The van der Waals surface area contributed by atoms with Gasteiger partial charge in [0, 0.05) is 29.1 Å². The van der Waals surface area contributed by atoms with Crippen LogP contribution in [0.3, 0.4) is 0 Å². The monoisotopic (exact) mass is 400 g/mol. The highest BCUT2D eigenvalue weighted by Gasteiger charge is 2.20. The molecule has 0 aliphatic heterocycles. The zero-order valence-corrected chi connectivity index (χ0v) is 16.0. The molecule has 144 valence electrons. The Kier molecular flexibility index (Phi) is 5.46. The minimum absolute atomic E-state index is 0.00140. The molecule has 0 aliphatic rings. The number of nitrogens with zero attached hydrogens (tertiary/aromatic N) is 3. The van der Waals surface area contributed by atoms with Gasteiger partial charge in [0.25, 0.3) is 0 Å². The molecule has 28 heavy (non-hydrogen) atoms. The number of aliphatic imine (C=N–C) groups is 1. The molecule has 0 atom stereocenters. The summed E-state index contributed by atoms with van der Waals surface area (Å²) in [7, 11) is 0. The SMILES string of the molecule is CC(C)C(N)=NC(=N)/C=C\C(=N)c1c(-c2ccc(F)cc2F)nc2sccn12. The fourth-order valence-corrected chi connectivity index (χ4v) is 3.17. The van der Waals surface area contributed by atoms with Gasteiger partial charge in [0.2, 0.25) is 0 Å². The molecule has 0 fully saturated rings. The number of allylic oxidation sites excluding steroid dienone is 1. The van der Waals surface area contributed by atoms with E-state index in [1.54, 1.807) is 16.0 Å². The number of nitrogens with one attached hydrogen (secondary N) is 2. The van der Waals surface area contributed by atoms with Crippen LogP contribution in [0.2, 0.25) is 0 Å². The second kappa shape index (κ2) is 7.81. The molecule has 2 heterocycles. The number of amidine groups is 2. The third-order valence-corrected chi connectivity index (χ3v) is 4.71. The summed E-state index contributed by atoms with van der Waals surface area (Å²) in [5.41, 5.74) is 6.42. The van der Waals surface area contributed by atoms with Gasteiger partial charge in [0.05, 0.1) is 11.4 Å². The average molecular weight is 400 g/mol. The summed E-state index contributed by atoms with van der Waals surface area (Å²) in [5.74, 6) is -1.23. The molecule has 9 heteroatoms. The van der Waals surface area contributed by atoms with Crippen molar-refractivity contribution in [1.82, 2.24) is 9.38 Å². The third-order valence-electron chi connectivity index (χ3n) is 3.95. The first kappa shape index (κ1) is 19.6. The Hall–Kier alpha value is -3.20. The summed E-state index contributed by atoms with van der Waals surface area (Å²) in [4.78, 5) is 8.93. The number of imidazole rings is 1. The Bertz CT molecular complexity index is 1120. The van der Waals surface area contributed by atoms with E-state index in [9.17, 15) is 8.78 Å². The number of thiazole rings is 1. The van der Waals surface area contributed by atoms with Gasteiger partial charge in [-0.15, -0.1) is 11.3 Å². The van der Waals surface area contributed by atoms with E-state index in [1.807, 2.05) is 13.8 Å². The van der Waals surface area contributed by atoms with Crippen molar-refractivity contribution >= 4 is 33.7 Å². The van der Waals surface area contributed by atoms with Gasteiger partial charge < -0.3 is 5.73 Å². The van der Waals surface area contributed by atoms with Crippen LogP contribution in [0.25, 0.3) is 16.2 Å². The molecular formula is C19H18F2N6S. The van der Waals surface area contributed by atoms with Gasteiger partial charge in [-0.1, -0.05) is 13.8 Å². The van der Waals surface area contributed by atoms with E-state index in [0.29, 0.717) is 16.5 Å². The lowest BCUT2D eigenvalue weighted by molar-refractivity contribution is 0.585. The zero-order chi connectivity index (χ0) is 20.4. The molecule has 0 saturated heterocycles. The summed E-state index contributed by atoms with van der Waals surface area (Å²) >= 11 is 1.33. The van der Waals surface area contributed by atoms with E-state index in [-0.39, 0.29) is 28.7 Å². The van der Waals surface area contributed by atoms with Crippen molar-refractivity contribution in [1.29, 1.82) is 10.8 Å². The first-order chi connectivity index (χ1) is 13.3. The van der Waals surface area contributed by atoms with Crippen LogP contribution in [0.5, 0.6) is 0 Å². The van der Waals surface area contributed by atoms with Gasteiger partial charge in [-0.3, -0.25) is 15.2 Å². The van der Waals surface area contributed by atoms with Crippen molar-refractivity contribution in [2.24, 2.45) is 16.6 Å². The topological polar surface area (TPSA) is 103 Å². The minimum Gasteiger partial charge on any atom is -0.387 e. The smallest absolute Gasteiger partial charge is 0.194 e. The number of rotatable bonds is 5. The minimum atomic E-state index is -0.758. The van der Waals surface area contributed by atoms with E-state index in [0.717, 1.165) is 12.1 Å². The van der Waals surface area contributed by atoms with Gasteiger partial charge in [0.15, 0.2) is 4.96 Å². The van der Waals surface area contributed by atoms with Crippen molar-refractivity contribution < 1.29 is 8.78 Å². The predicted molar refractivity (Wildman–Crippen MR) is 109 cm³/mol. The number of benzene rings is 1. The molecular weight excluding hydrogens is 382 g/mol. The number of hydrogen-bond donors (Lipinski definition) is 3. The van der Waals surface area contributed by atoms with Gasteiger partial charge in [0.1, 0.15) is 29.0 Å². The standard InChI is InChI=1S/C19H18F2N6S/c1-10(2)18(24)25-15(23)6-5-14(22)17-16(26-19-27(17)7-8-28-19)12-4-3-11(20)9-13(12)21/h3-10,22H,1-2H3,(H3,23,24,25)/b6-5-,22-14?. The number of aromatic nitrogens is 2. The summed E-state index contributed by atoms with van der Waals surface area (Å²) < 4.78 is 29.2. The lowest BCUT2D eigenvalue weighted by Gasteiger charge is -2.05. The Morgan fingerprint density at radius 3 is 2.71 bits per heavy atom. The highest BCUT2D eigenvalue weighted by Crippen LogP contribution is 2.29. The summed E-state index contributed by atoms with van der Waals surface area (Å²) in [6, 6.07) is 3.23. The molecule has 0 saturated carbocycles. The molecule has 6 nitrogen and oxygen atoms in total. The van der Waals surface area contributed by atoms with Crippen LogP contribution in [0, 0.1) is 28.4 Å². The van der Waals surface area contributed by atoms with Crippen LogP contribution < -0.4 is 5.73 Å². The maximum atomic E-state index is 14.3. The molecule has 0 unspecified atom stereocenters. The van der Waals surface area contributed by atoms with Crippen molar-refractivity contribution in [2.75, 3.05) is 0 Å². The molecule has 3 aromatic rings. The fraction of sp³-hybridized carbons (Fsp3) is 0.158. The highest BCUT2D eigenvalue weighted by atomic mass is 32.1. The van der Waals surface area contributed by atoms with Crippen molar-refractivity contribution in [3.63, 3.8) is 0 Å². The molecule has 3 rings (SSSR count). The quantitative estimate of drug-likeness (QED) is 0.440. The number of hydrogen-bond acceptors (Lipinski definition) is 4. The van der Waals surface area contributed by atoms with E-state index in [2.05, 4.69) is 9.98 Å². The van der Waals surface area contributed by atoms with Gasteiger partial charge >= 0.3 is 0 Å². The van der Waals surface area contributed by atoms with Crippen LogP contribution in [-0.4, -0.2) is 26.8 Å². The second-order valence-corrected chi connectivity index (χ2v) is 7.19. The van der Waals surface area contributed by atoms with E-state index in [1.165, 1.54) is 29.6 Å². The molecule has 0 bridgehead atoms. The first-order valence-electron chi connectivity index (χ1n) is 8.38. The lowest BCUT2D eigenvalue weighted by atomic mass is 10.1. The van der Waals surface area contributed by atoms with Crippen LogP contribution in [-0.2, 0) is 0 Å². The van der Waals surface area contributed by atoms with Crippen LogP contribution in [0.4, 0.5) is 8.78 Å². The van der Waals surface area contributed by atoms with Crippen molar-refractivity contribution in [3.8, 4) is 11.3 Å². The van der Waals surface area contributed by atoms with Crippen molar-refractivity contribution in [3.05, 3.63) is 59.3 Å². The Morgan fingerprint density at radius 1 is 1.29 bits per heavy atom. The Labute approximate surface area is 164 Å².